The Hall–Kier alpha value is -3.31. The van der Waals surface area contributed by atoms with Crippen molar-refractivity contribution in [1.29, 1.82) is 5.26 Å². The molecule has 1 aromatic heterocycles. The van der Waals surface area contributed by atoms with Crippen molar-refractivity contribution in [2.75, 3.05) is 24.8 Å². The zero-order valence-electron chi connectivity index (χ0n) is 17.0. The first kappa shape index (κ1) is 19.6. The second-order valence-corrected chi connectivity index (χ2v) is 8.29. The molecule has 2 aromatic rings. The molecule has 8 nitrogen and oxygen atoms in total. The number of aromatic nitrogens is 1. The van der Waals surface area contributed by atoms with E-state index in [1.807, 2.05) is 0 Å². The second-order valence-electron chi connectivity index (χ2n) is 8.29. The van der Waals surface area contributed by atoms with Crippen molar-refractivity contribution in [2.24, 2.45) is 11.8 Å². The van der Waals surface area contributed by atoms with Crippen LogP contribution in [-0.4, -0.2) is 42.0 Å². The largest absolute Gasteiger partial charge is 0.489 e. The fraction of sp³-hybridized carbons (Fsp3) is 0.435. The molecule has 1 aromatic carbocycles. The molecule has 1 atom stereocenters. The fourth-order valence-electron chi connectivity index (χ4n) is 3.49. The van der Waals surface area contributed by atoms with E-state index in [1.165, 1.54) is 23.9 Å². The van der Waals surface area contributed by atoms with Crippen molar-refractivity contribution in [2.45, 2.75) is 31.8 Å². The third kappa shape index (κ3) is 4.28. The molecule has 1 unspecified atom stereocenters. The second kappa shape index (κ2) is 8.08. The third-order valence-electron chi connectivity index (χ3n) is 5.80. The molecule has 8 heteroatoms. The molecular weight excluding hydrogens is 398 g/mol. The number of nitriles is 1. The van der Waals surface area contributed by atoms with Gasteiger partial charge in [0.05, 0.1) is 18.3 Å². The quantitative estimate of drug-likeness (QED) is 0.699. The Morgan fingerprint density at radius 1 is 1.26 bits per heavy atom. The Bertz CT molecular complexity index is 1040. The molecule has 2 aliphatic carbocycles. The van der Waals surface area contributed by atoms with Gasteiger partial charge in [0.15, 0.2) is 6.73 Å². The topological polar surface area (TPSA) is 105 Å². The predicted molar refractivity (Wildman–Crippen MR) is 110 cm³/mol. The van der Waals surface area contributed by atoms with E-state index < -0.39 is 6.10 Å². The van der Waals surface area contributed by atoms with Gasteiger partial charge in [-0.15, -0.1) is 0 Å². The van der Waals surface area contributed by atoms with Gasteiger partial charge in [0, 0.05) is 18.0 Å². The van der Waals surface area contributed by atoms with E-state index in [9.17, 15) is 15.2 Å². The molecule has 1 amide bonds. The lowest BCUT2D eigenvalue weighted by Crippen LogP contribution is -2.38. The van der Waals surface area contributed by atoms with Crippen molar-refractivity contribution < 1.29 is 24.1 Å². The number of aliphatic hydroxyl groups excluding tert-OH is 1. The van der Waals surface area contributed by atoms with Crippen LogP contribution in [0.5, 0.6) is 17.4 Å². The number of carbonyl (C=O) groups is 1. The Balaban J connectivity index is 1.29. The van der Waals surface area contributed by atoms with Gasteiger partial charge < -0.3 is 19.3 Å². The first-order valence-electron chi connectivity index (χ1n) is 10.5. The summed E-state index contributed by atoms with van der Waals surface area (Å²) in [5.74, 6) is 1.92. The number of ether oxygens (including phenoxy) is 3. The maximum Gasteiger partial charge on any atom is 0.266 e. The van der Waals surface area contributed by atoms with Crippen LogP contribution in [0.4, 0.5) is 5.69 Å². The molecule has 0 bridgehead atoms. The van der Waals surface area contributed by atoms with Crippen molar-refractivity contribution >= 4 is 11.6 Å². The Labute approximate surface area is 180 Å². The van der Waals surface area contributed by atoms with Gasteiger partial charge in [-0.25, -0.2) is 4.98 Å². The summed E-state index contributed by atoms with van der Waals surface area (Å²) in [7, 11) is 0. The molecule has 2 fully saturated rings. The van der Waals surface area contributed by atoms with Crippen LogP contribution in [0.25, 0.3) is 0 Å². The highest BCUT2D eigenvalue weighted by atomic mass is 16.5. The van der Waals surface area contributed by atoms with Gasteiger partial charge in [-0.3, -0.25) is 9.69 Å². The summed E-state index contributed by atoms with van der Waals surface area (Å²) in [6, 6.07) is 8.68. The molecule has 0 spiro atoms. The van der Waals surface area contributed by atoms with E-state index in [0.717, 1.165) is 12.8 Å². The molecule has 5 rings (SSSR count). The highest BCUT2D eigenvalue weighted by Crippen LogP contribution is 2.35. The van der Waals surface area contributed by atoms with Crippen LogP contribution in [0.2, 0.25) is 0 Å². The summed E-state index contributed by atoms with van der Waals surface area (Å²) in [5, 5.41) is 19.5. The van der Waals surface area contributed by atoms with E-state index in [1.54, 1.807) is 24.3 Å². The standard InChI is InChI=1S/C23H23N3O5/c24-9-16-7-17(5-6-20(16)29-12-19(27)15-3-4-15)26-13-31-21-8-22(30-11-14-1-2-14)25-10-18(21)23(26)28/h5-8,10,14-15,19,27H,1-4,11-13H2. The Morgan fingerprint density at radius 3 is 2.84 bits per heavy atom. The summed E-state index contributed by atoms with van der Waals surface area (Å²) < 4.78 is 17.1. The molecule has 2 saturated carbocycles. The molecule has 2 heterocycles. The van der Waals surface area contributed by atoms with Gasteiger partial charge in [-0.1, -0.05) is 0 Å². The summed E-state index contributed by atoms with van der Waals surface area (Å²) in [6.07, 6.45) is 5.33. The number of hydrogen-bond donors (Lipinski definition) is 1. The number of pyridine rings is 1. The van der Waals surface area contributed by atoms with Crippen LogP contribution in [0.1, 0.15) is 41.6 Å². The Kier molecular flexibility index (Phi) is 5.12. The minimum absolute atomic E-state index is 0.0172. The third-order valence-corrected chi connectivity index (χ3v) is 5.80. The number of hydrogen-bond acceptors (Lipinski definition) is 7. The number of amides is 1. The summed E-state index contributed by atoms with van der Waals surface area (Å²) in [6.45, 7) is 0.799. The minimum Gasteiger partial charge on any atom is -0.489 e. The van der Waals surface area contributed by atoms with E-state index in [-0.39, 0.29) is 19.2 Å². The lowest BCUT2D eigenvalue weighted by molar-refractivity contribution is 0.0893. The molecule has 31 heavy (non-hydrogen) atoms. The average molecular weight is 421 g/mol. The molecule has 1 aliphatic heterocycles. The zero-order valence-corrected chi connectivity index (χ0v) is 17.0. The SMILES string of the molecule is N#Cc1cc(N2COc3cc(OCC4CC4)ncc3C2=O)ccc1OCC(O)C1CC1. The van der Waals surface area contributed by atoms with Gasteiger partial charge in [-0.2, -0.15) is 5.26 Å². The van der Waals surface area contributed by atoms with Gasteiger partial charge in [0.25, 0.3) is 5.91 Å². The number of nitrogens with zero attached hydrogens (tertiary/aromatic N) is 3. The number of carbonyl (C=O) groups excluding carboxylic acids is 1. The van der Waals surface area contributed by atoms with Crippen LogP contribution >= 0.6 is 0 Å². The first-order valence-corrected chi connectivity index (χ1v) is 10.5. The van der Waals surface area contributed by atoms with Gasteiger partial charge in [0.2, 0.25) is 5.88 Å². The number of benzene rings is 1. The summed E-state index contributed by atoms with van der Waals surface area (Å²) in [5.41, 5.74) is 1.16. The van der Waals surface area contributed by atoms with E-state index in [0.29, 0.717) is 52.6 Å². The number of anilines is 1. The van der Waals surface area contributed by atoms with Crippen molar-refractivity contribution in [3.8, 4) is 23.4 Å². The van der Waals surface area contributed by atoms with Crippen LogP contribution in [-0.2, 0) is 0 Å². The molecule has 160 valence electrons. The lowest BCUT2D eigenvalue weighted by Gasteiger charge is -2.29. The van der Waals surface area contributed by atoms with Gasteiger partial charge in [0.1, 0.15) is 29.7 Å². The van der Waals surface area contributed by atoms with E-state index >= 15 is 0 Å². The number of aliphatic hydroxyl groups is 1. The zero-order chi connectivity index (χ0) is 21.4. The summed E-state index contributed by atoms with van der Waals surface area (Å²) >= 11 is 0. The minimum atomic E-state index is -0.523. The lowest BCUT2D eigenvalue weighted by atomic mass is 10.1. The van der Waals surface area contributed by atoms with Crippen LogP contribution in [0.3, 0.4) is 0 Å². The van der Waals surface area contributed by atoms with Crippen LogP contribution < -0.4 is 19.1 Å². The molecular formula is C23H23N3O5. The maximum absolute atomic E-state index is 13.0. The number of rotatable bonds is 8. The summed E-state index contributed by atoms with van der Waals surface area (Å²) in [4.78, 5) is 18.7. The first-order chi connectivity index (χ1) is 15.1. The van der Waals surface area contributed by atoms with Crippen LogP contribution in [0, 0.1) is 23.2 Å². The van der Waals surface area contributed by atoms with Crippen molar-refractivity contribution in [1.82, 2.24) is 4.98 Å². The van der Waals surface area contributed by atoms with Crippen molar-refractivity contribution in [3.63, 3.8) is 0 Å². The van der Waals surface area contributed by atoms with E-state index in [4.69, 9.17) is 14.2 Å². The highest BCUT2D eigenvalue weighted by Gasteiger charge is 2.31. The highest BCUT2D eigenvalue weighted by molar-refractivity contribution is 6.08. The Morgan fingerprint density at radius 2 is 2.10 bits per heavy atom. The van der Waals surface area contributed by atoms with E-state index in [2.05, 4.69) is 11.1 Å². The smallest absolute Gasteiger partial charge is 0.266 e. The molecule has 0 saturated heterocycles. The molecule has 0 radical (unpaired) electrons. The predicted octanol–water partition coefficient (Wildman–Crippen LogP) is 2.89. The van der Waals surface area contributed by atoms with Gasteiger partial charge in [-0.05, 0) is 55.7 Å². The molecule has 1 N–H and O–H groups in total. The molecule has 3 aliphatic rings. The fourth-order valence-corrected chi connectivity index (χ4v) is 3.49. The number of fused-ring (bicyclic) bond motifs is 1. The van der Waals surface area contributed by atoms with Crippen molar-refractivity contribution in [3.05, 3.63) is 41.6 Å². The maximum atomic E-state index is 13.0. The monoisotopic (exact) mass is 421 g/mol. The average Bonchev–Trinajstić information content (AvgIpc) is 3.70. The van der Waals surface area contributed by atoms with Crippen LogP contribution in [0.15, 0.2) is 30.5 Å². The van der Waals surface area contributed by atoms with Gasteiger partial charge >= 0.3 is 0 Å². The normalized spacial score (nSPS) is 18.6.